The average molecular weight is 443 g/mol. The van der Waals surface area contributed by atoms with Gasteiger partial charge in [-0.1, -0.05) is 24.6 Å². The number of amides is 1. The molecule has 8 nitrogen and oxygen atoms in total. The minimum Gasteiger partial charge on any atom is -0.329 e. The van der Waals surface area contributed by atoms with Gasteiger partial charge in [0.1, 0.15) is 5.82 Å². The normalized spacial score (nSPS) is 12.0. The zero-order valence-electron chi connectivity index (χ0n) is 17.8. The molecule has 9 heteroatoms. The summed E-state index contributed by atoms with van der Waals surface area (Å²) in [5.74, 6) is 0.0427. The molecule has 1 amide bonds. The number of fused-ring (bicyclic) bond motifs is 1. The van der Waals surface area contributed by atoms with Crippen LogP contribution in [-0.4, -0.2) is 31.8 Å². The van der Waals surface area contributed by atoms with E-state index in [9.17, 15) is 19.7 Å². The Labute approximate surface area is 184 Å². The van der Waals surface area contributed by atoms with Crippen LogP contribution >= 0.6 is 11.6 Å². The van der Waals surface area contributed by atoms with Gasteiger partial charge >= 0.3 is 0 Å². The van der Waals surface area contributed by atoms with E-state index >= 15 is 0 Å². The quantitative estimate of drug-likeness (QED) is 0.415. The smallest absolute Gasteiger partial charge is 0.273 e. The summed E-state index contributed by atoms with van der Waals surface area (Å²) in [6.45, 7) is 5.73. The third-order valence-corrected chi connectivity index (χ3v) is 5.53. The Hall–Kier alpha value is -3.26. The maximum absolute atomic E-state index is 13.3. The second-order valence-corrected chi connectivity index (χ2v) is 7.86. The van der Waals surface area contributed by atoms with Crippen molar-refractivity contribution in [3.8, 4) is 0 Å². The fourth-order valence-corrected chi connectivity index (χ4v) is 3.76. The van der Waals surface area contributed by atoms with E-state index in [4.69, 9.17) is 11.6 Å². The SMILES string of the molecule is CCCN(C(=O)c1ccc(C)c([N+](=O)[O-])c1)C(C)c1nc2cc(Cl)ccc2c(=O)n1C. The summed E-state index contributed by atoms with van der Waals surface area (Å²) < 4.78 is 1.43. The monoisotopic (exact) mass is 442 g/mol. The van der Waals surface area contributed by atoms with E-state index in [1.807, 2.05) is 6.92 Å². The molecule has 0 saturated heterocycles. The Morgan fingerprint density at radius 3 is 2.65 bits per heavy atom. The molecule has 0 fully saturated rings. The number of benzene rings is 2. The second-order valence-electron chi connectivity index (χ2n) is 7.43. The summed E-state index contributed by atoms with van der Waals surface area (Å²) in [5, 5.41) is 12.2. The second kappa shape index (κ2) is 8.85. The van der Waals surface area contributed by atoms with E-state index in [1.54, 1.807) is 56.1 Å². The van der Waals surface area contributed by atoms with Gasteiger partial charge < -0.3 is 4.90 Å². The molecule has 0 spiro atoms. The van der Waals surface area contributed by atoms with Gasteiger partial charge in [0.05, 0.1) is 21.9 Å². The molecule has 1 atom stereocenters. The maximum atomic E-state index is 13.3. The Bertz CT molecular complexity index is 1240. The number of hydrogen-bond donors (Lipinski definition) is 0. The molecule has 0 bridgehead atoms. The van der Waals surface area contributed by atoms with Gasteiger partial charge in [0.25, 0.3) is 17.2 Å². The predicted molar refractivity (Wildman–Crippen MR) is 120 cm³/mol. The fourth-order valence-electron chi connectivity index (χ4n) is 3.59. The minimum atomic E-state index is -0.547. The summed E-state index contributed by atoms with van der Waals surface area (Å²) in [5.41, 5.74) is 0.796. The van der Waals surface area contributed by atoms with E-state index < -0.39 is 11.0 Å². The van der Waals surface area contributed by atoms with E-state index in [0.717, 1.165) is 0 Å². The van der Waals surface area contributed by atoms with Crippen LogP contribution in [0.15, 0.2) is 41.2 Å². The highest BCUT2D eigenvalue weighted by Gasteiger charge is 2.27. The van der Waals surface area contributed by atoms with Crippen LogP contribution in [0.1, 0.15) is 48.1 Å². The van der Waals surface area contributed by atoms with Crippen LogP contribution in [0, 0.1) is 17.0 Å². The summed E-state index contributed by atoms with van der Waals surface area (Å²) >= 11 is 6.07. The van der Waals surface area contributed by atoms with Crippen molar-refractivity contribution in [1.82, 2.24) is 14.5 Å². The van der Waals surface area contributed by atoms with Crippen molar-refractivity contribution in [2.24, 2.45) is 7.05 Å². The summed E-state index contributed by atoms with van der Waals surface area (Å²) in [7, 11) is 1.61. The van der Waals surface area contributed by atoms with Crippen LogP contribution < -0.4 is 5.56 Å². The largest absolute Gasteiger partial charge is 0.329 e. The number of halogens is 1. The molecule has 3 aromatic rings. The topological polar surface area (TPSA) is 98.3 Å². The third-order valence-electron chi connectivity index (χ3n) is 5.29. The molecule has 0 aliphatic heterocycles. The zero-order valence-corrected chi connectivity index (χ0v) is 18.5. The number of aryl methyl sites for hydroxylation is 1. The Balaban J connectivity index is 2.09. The standard InChI is InChI=1S/C22H23ClN4O4/c1-5-10-26(21(28)15-7-6-13(2)19(11-15)27(30)31)14(3)20-24-18-12-16(23)8-9-17(18)22(29)25(20)4/h6-9,11-12,14H,5,10H2,1-4H3. The first-order valence-corrected chi connectivity index (χ1v) is 10.3. The Kier molecular flexibility index (Phi) is 6.40. The van der Waals surface area contributed by atoms with Gasteiger partial charge in [-0.05, 0) is 44.5 Å². The van der Waals surface area contributed by atoms with E-state index in [1.165, 1.54) is 10.6 Å². The zero-order chi connectivity index (χ0) is 22.9. The maximum Gasteiger partial charge on any atom is 0.273 e. The molecule has 0 N–H and O–H groups in total. The van der Waals surface area contributed by atoms with Crippen LogP contribution in [0.4, 0.5) is 5.69 Å². The van der Waals surface area contributed by atoms with E-state index in [0.29, 0.717) is 40.3 Å². The number of carbonyl (C=O) groups excluding carboxylic acids is 1. The highest BCUT2D eigenvalue weighted by Crippen LogP contribution is 2.25. The lowest BCUT2D eigenvalue weighted by Crippen LogP contribution is -2.37. The van der Waals surface area contributed by atoms with Crippen molar-refractivity contribution in [3.05, 3.63) is 78.8 Å². The van der Waals surface area contributed by atoms with Gasteiger partial charge in [0.2, 0.25) is 0 Å². The fraction of sp³-hybridized carbons (Fsp3) is 0.318. The first-order valence-electron chi connectivity index (χ1n) is 9.87. The lowest BCUT2D eigenvalue weighted by atomic mass is 10.1. The molecule has 1 heterocycles. The number of rotatable bonds is 6. The molecule has 0 aliphatic rings. The lowest BCUT2D eigenvalue weighted by molar-refractivity contribution is -0.385. The van der Waals surface area contributed by atoms with Crippen LogP contribution in [0.25, 0.3) is 10.9 Å². The molecule has 31 heavy (non-hydrogen) atoms. The van der Waals surface area contributed by atoms with Gasteiger partial charge in [-0.2, -0.15) is 0 Å². The molecule has 3 rings (SSSR count). The number of hydrogen-bond acceptors (Lipinski definition) is 5. The first kappa shape index (κ1) is 22.4. The highest BCUT2D eigenvalue weighted by atomic mass is 35.5. The van der Waals surface area contributed by atoms with Crippen molar-refractivity contribution >= 4 is 34.1 Å². The predicted octanol–water partition coefficient (Wildman–Crippen LogP) is 4.42. The van der Waals surface area contributed by atoms with Gasteiger partial charge in [0, 0.05) is 35.8 Å². The van der Waals surface area contributed by atoms with Crippen LogP contribution in [-0.2, 0) is 7.05 Å². The lowest BCUT2D eigenvalue weighted by Gasteiger charge is -2.30. The molecule has 2 aromatic carbocycles. The highest BCUT2D eigenvalue weighted by molar-refractivity contribution is 6.31. The Morgan fingerprint density at radius 2 is 2.00 bits per heavy atom. The number of nitro groups is 1. The van der Waals surface area contributed by atoms with Gasteiger partial charge in [0.15, 0.2) is 0 Å². The first-order chi connectivity index (χ1) is 14.6. The van der Waals surface area contributed by atoms with E-state index in [-0.39, 0.29) is 22.7 Å². The van der Waals surface area contributed by atoms with Crippen LogP contribution in [0.3, 0.4) is 0 Å². The number of aromatic nitrogens is 2. The molecule has 0 saturated carbocycles. The molecule has 162 valence electrons. The van der Waals surface area contributed by atoms with Gasteiger partial charge in [-0.3, -0.25) is 24.3 Å². The molecule has 0 radical (unpaired) electrons. The minimum absolute atomic E-state index is 0.110. The molecule has 1 unspecified atom stereocenters. The molecule has 1 aromatic heterocycles. The van der Waals surface area contributed by atoms with Crippen molar-refractivity contribution in [2.75, 3.05) is 6.54 Å². The number of nitro benzene ring substituents is 1. The van der Waals surface area contributed by atoms with Crippen molar-refractivity contribution in [1.29, 1.82) is 0 Å². The molecular formula is C22H23ClN4O4. The van der Waals surface area contributed by atoms with Crippen LogP contribution in [0.2, 0.25) is 5.02 Å². The Morgan fingerprint density at radius 1 is 1.29 bits per heavy atom. The molecule has 0 aliphatic carbocycles. The number of nitrogens with zero attached hydrogens (tertiary/aromatic N) is 4. The average Bonchev–Trinajstić information content (AvgIpc) is 2.73. The van der Waals surface area contributed by atoms with E-state index in [2.05, 4.69) is 4.98 Å². The summed E-state index contributed by atoms with van der Waals surface area (Å²) in [4.78, 5) is 43.1. The number of carbonyl (C=O) groups is 1. The molecular weight excluding hydrogens is 420 g/mol. The van der Waals surface area contributed by atoms with Crippen LogP contribution in [0.5, 0.6) is 0 Å². The van der Waals surface area contributed by atoms with Gasteiger partial charge in [-0.15, -0.1) is 0 Å². The summed E-state index contributed by atoms with van der Waals surface area (Å²) in [6, 6.07) is 8.76. The van der Waals surface area contributed by atoms with Crippen molar-refractivity contribution in [2.45, 2.75) is 33.2 Å². The third kappa shape index (κ3) is 4.29. The summed E-state index contributed by atoms with van der Waals surface area (Å²) in [6.07, 6.45) is 0.664. The van der Waals surface area contributed by atoms with Gasteiger partial charge in [-0.25, -0.2) is 4.98 Å². The van der Waals surface area contributed by atoms with Crippen molar-refractivity contribution in [3.63, 3.8) is 0 Å². The van der Waals surface area contributed by atoms with Crippen molar-refractivity contribution < 1.29 is 9.72 Å².